The zero-order valence-corrected chi connectivity index (χ0v) is 11.0. The van der Waals surface area contributed by atoms with Crippen LogP contribution in [0.1, 0.15) is 29.5 Å². The maximum atomic E-state index is 9.04. The van der Waals surface area contributed by atoms with Crippen LogP contribution in [-0.2, 0) is 6.42 Å². The Balaban J connectivity index is 2.06. The molecule has 0 radical (unpaired) electrons. The Kier molecular flexibility index (Phi) is 3.22. The Morgan fingerprint density at radius 3 is 2.70 bits per heavy atom. The maximum absolute atomic E-state index is 9.04. The number of hydrogen-bond acceptors (Lipinski definition) is 3. The van der Waals surface area contributed by atoms with Crippen molar-refractivity contribution in [3.8, 4) is 17.2 Å². The highest BCUT2D eigenvalue weighted by Gasteiger charge is 2.16. The van der Waals surface area contributed by atoms with Crippen molar-refractivity contribution in [3.63, 3.8) is 0 Å². The highest BCUT2D eigenvalue weighted by Crippen LogP contribution is 2.28. The summed E-state index contributed by atoms with van der Waals surface area (Å²) < 4.78 is 0. The monoisotopic (exact) mass is 262 g/mol. The molecule has 2 aromatic rings. The predicted octanol–water partition coefficient (Wildman–Crippen LogP) is 3.74. The SMILES string of the molecule is N#Cc1cccc(-c2ccc3c(c2)CCCC3=NO)c1. The lowest BCUT2D eigenvalue weighted by atomic mass is 9.87. The average molecular weight is 262 g/mol. The van der Waals surface area contributed by atoms with E-state index in [4.69, 9.17) is 10.5 Å². The van der Waals surface area contributed by atoms with Gasteiger partial charge in [0.15, 0.2) is 0 Å². The van der Waals surface area contributed by atoms with E-state index < -0.39 is 0 Å². The van der Waals surface area contributed by atoms with Crippen LogP contribution in [0.2, 0.25) is 0 Å². The second kappa shape index (κ2) is 5.18. The number of hydrogen-bond donors (Lipinski definition) is 1. The lowest BCUT2D eigenvalue weighted by Gasteiger charge is -2.17. The average Bonchev–Trinajstić information content (AvgIpc) is 2.53. The van der Waals surface area contributed by atoms with Crippen LogP contribution in [0.15, 0.2) is 47.6 Å². The van der Waals surface area contributed by atoms with Crippen molar-refractivity contribution in [2.45, 2.75) is 19.3 Å². The summed E-state index contributed by atoms with van der Waals surface area (Å²) in [6.45, 7) is 0. The number of aryl methyl sites for hydroxylation is 1. The summed E-state index contributed by atoms with van der Waals surface area (Å²) >= 11 is 0. The van der Waals surface area contributed by atoms with Gasteiger partial charge in [0.25, 0.3) is 0 Å². The molecule has 1 aliphatic rings. The summed E-state index contributed by atoms with van der Waals surface area (Å²) in [5, 5.41) is 21.4. The molecule has 0 atom stereocenters. The van der Waals surface area contributed by atoms with E-state index >= 15 is 0 Å². The molecule has 0 fully saturated rings. The Hall–Kier alpha value is -2.60. The van der Waals surface area contributed by atoms with Gasteiger partial charge in [0, 0.05) is 5.56 Å². The van der Waals surface area contributed by atoms with Crippen LogP contribution in [0.3, 0.4) is 0 Å². The molecule has 1 aliphatic carbocycles. The summed E-state index contributed by atoms with van der Waals surface area (Å²) in [7, 11) is 0. The standard InChI is InChI=1S/C17H14N2O/c18-11-12-3-1-4-13(9-12)14-7-8-16-15(10-14)5-2-6-17(16)19-20/h1,3-4,7-10,20H,2,5-6H2. The van der Waals surface area contributed by atoms with Crippen LogP contribution in [0.25, 0.3) is 11.1 Å². The number of oxime groups is 1. The minimum absolute atomic E-state index is 0.665. The Bertz CT molecular complexity index is 726. The Labute approximate surface area is 117 Å². The third-order valence-electron chi connectivity index (χ3n) is 3.72. The molecule has 0 saturated heterocycles. The summed E-state index contributed by atoms with van der Waals surface area (Å²) in [4.78, 5) is 0. The van der Waals surface area contributed by atoms with Gasteiger partial charge in [0.1, 0.15) is 0 Å². The van der Waals surface area contributed by atoms with Crippen LogP contribution in [0, 0.1) is 11.3 Å². The van der Waals surface area contributed by atoms with E-state index in [9.17, 15) is 0 Å². The first-order valence-electron chi connectivity index (χ1n) is 6.66. The van der Waals surface area contributed by atoms with Crippen molar-refractivity contribution in [1.29, 1.82) is 5.26 Å². The Morgan fingerprint density at radius 2 is 1.90 bits per heavy atom. The van der Waals surface area contributed by atoms with Gasteiger partial charge in [-0.15, -0.1) is 0 Å². The number of nitrogens with zero attached hydrogens (tertiary/aromatic N) is 2. The molecule has 98 valence electrons. The molecule has 0 aliphatic heterocycles. The molecule has 1 N–H and O–H groups in total. The van der Waals surface area contributed by atoms with Crippen molar-refractivity contribution < 1.29 is 5.21 Å². The fourth-order valence-corrected chi connectivity index (χ4v) is 2.71. The largest absolute Gasteiger partial charge is 0.411 e. The van der Waals surface area contributed by atoms with Crippen molar-refractivity contribution in [2.75, 3.05) is 0 Å². The van der Waals surface area contributed by atoms with Gasteiger partial charge in [-0.25, -0.2) is 0 Å². The number of nitriles is 1. The molecule has 3 rings (SSSR count). The summed E-state index contributed by atoms with van der Waals surface area (Å²) in [6, 6.07) is 15.9. The van der Waals surface area contributed by atoms with Crippen LogP contribution in [0.5, 0.6) is 0 Å². The molecule has 0 saturated carbocycles. The van der Waals surface area contributed by atoms with Crippen molar-refractivity contribution in [3.05, 3.63) is 59.2 Å². The third kappa shape index (κ3) is 2.17. The second-order valence-electron chi connectivity index (χ2n) is 4.96. The Morgan fingerprint density at radius 1 is 1.05 bits per heavy atom. The molecule has 3 nitrogen and oxygen atoms in total. The van der Waals surface area contributed by atoms with E-state index in [2.05, 4.69) is 17.3 Å². The summed E-state index contributed by atoms with van der Waals surface area (Å²) in [6.07, 6.45) is 2.83. The lowest BCUT2D eigenvalue weighted by Crippen LogP contribution is -2.11. The zero-order valence-electron chi connectivity index (χ0n) is 11.0. The van der Waals surface area contributed by atoms with Gasteiger partial charge < -0.3 is 5.21 Å². The van der Waals surface area contributed by atoms with Gasteiger partial charge in [0.05, 0.1) is 17.3 Å². The molecular formula is C17H14N2O. The van der Waals surface area contributed by atoms with E-state index in [1.165, 1.54) is 5.56 Å². The molecule has 0 heterocycles. The number of benzene rings is 2. The van der Waals surface area contributed by atoms with Gasteiger partial charge in [0.2, 0.25) is 0 Å². The molecule has 0 amide bonds. The molecular weight excluding hydrogens is 248 g/mol. The predicted molar refractivity (Wildman–Crippen MR) is 77.9 cm³/mol. The normalized spacial score (nSPS) is 15.7. The molecule has 0 spiro atoms. The number of rotatable bonds is 1. The van der Waals surface area contributed by atoms with Crippen molar-refractivity contribution in [1.82, 2.24) is 0 Å². The third-order valence-corrected chi connectivity index (χ3v) is 3.72. The second-order valence-corrected chi connectivity index (χ2v) is 4.96. The van der Waals surface area contributed by atoms with Gasteiger partial charge >= 0.3 is 0 Å². The van der Waals surface area contributed by atoms with E-state index in [0.717, 1.165) is 41.7 Å². The van der Waals surface area contributed by atoms with Crippen molar-refractivity contribution in [2.24, 2.45) is 5.16 Å². The van der Waals surface area contributed by atoms with Crippen LogP contribution in [-0.4, -0.2) is 10.9 Å². The topological polar surface area (TPSA) is 56.4 Å². The molecule has 0 bridgehead atoms. The molecule has 3 heteroatoms. The molecule has 20 heavy (non-hydrogen) atoms. The minimum atomic E-state index is 0.665. The first kappa shape index (κ1) is 12.4. The van der Waals surface area contributed by atoms with Gasteiger partial charge in [-0.2, -0.15) is 5.26 Å². The first-order chi connectivity index (χ1) is 9.81. The van der Waals surface area contributed by atoms with E-state index in [0.29, 0.717) is 5.56 Å². The van der Waals surface area contributed by atoms with Crippen molar-refractivity contribution >= 4 is 5.71 Å². The molecule has 0 unspecified atom stereocenters. The molecule has 2 aromatic carbocycles. The zero-order chi connectivity index (χ0) is 13.9. The van der Waals surface area contributed by atoms with E-state index in [1.807, 2.05) is 30.3 Å². The van der Waals surface area contributed by atoms with Gasteiger partial charge in [-0.1, -0.05) is 35.5 Å². The summed E-state index contributed by atoms with van der Waals surface area (Å²) in [5.41, 5.74) is 5.82. The quantitative estimate of drug-likeness (QED) is 0.628. The van der Waals surface area contributed by atoms with E-state index in [1.54, 1.807) is 6.07 Å². The first-order valence-corrected chi connectivity index (χ1v) is 6.66. The van der Waals surface area contributed by atoms with E-state index in [-0.39, 0.29) is 0 Å². The fourth-order valence-electron chi connectivity index (χ4n) is 2.71. The minimum Gasteiger partial charge on any atom is -0.411 e. The van der Waals surface area contributed by atoms with Gasteiger partial charge in [-0.05, 0) is 48.1 Å². The maximum Gasteiger partial charge on any atom is 0.0991 e. The molecule has 0 aromatic heterocycles. The van der Waals surface area contributed by atoms with Crippen LogP contribution < -0.4 is 0 Å². The fraction of sp³-hybridized carbons (Fsp3) is 0.176. The number of fused-ring (bicyclic) bond motifs is 1. The smallest absolute Gasteiger partial charge is 0.0991 e. The van der Waals surface area contributed by atoms with Gasteiger partial charge in [-0.3, -0.25) is 0 Å². The highest BCUT2D eigenvalue weighted by atomic mass is 16.4. The van der Waals surface area contributed by atoms with Crippen LogP contribution >= 0.6 is 0 Å². The lowest BCUT2D eigenvalue weighted by molar-refractivity contribution is 0.317. The summed E-state index contributed by atoms with van der Waals surface area (Å²) in [5.74, 6) is 0. The highest BCUT2D eigenvalue weighted by molar-refractivity contribution is 6.02. The van der Waals surface area contributed by atoms with Crippen LogP contribution in [0.4, 0.5) is 0 Å².